The Kier molecular flexibility index (Phi) is 4.10. The van der Waals surface area contributed by atoms with Gasteiger partial charge in [0.25, 0.3) is 0 Å². The molecule has 0 unspecified atom stereocenters. The lowest BCUT2D eigenvalue weighted by molar-refractivity contribution is -0.190. The highest BCUT2D eigenvalue weighted by molar-refractivity contribution is 5.77. The van der Waals surface area contributed by atoms with Crippen LogP contribution in [0.2, 0.25) is 0 Å². The van der Waals surface area contributed by atoms with Crippen molar-refractivity contribution < 1.29 is 28.5 Å². The molecule has 6 nitrogen and oxygen atoms in total. The first kappa shape index (κ1) is 14.3. The van der Waals surface area contributed by atoms with Gasteiger partial charge in [0, 0.05) is 11.3 Å². The summed E-state index contributed by atoms with van der Waals surface area (Å²) in [5.41, 5.74) is -0.376. The van der Waals surface area contributed by atoms with Gasteiger partial charge in [0.05, 0.1) is 26.7 Å². The van der Waals surface area contributed by atoms with Gasteiger partial charge in [0.15, 0.2) is 12.4 Å². The van der Waals surface area contributed by atoms with Crippen molar-refractivity contribution in [3.63, 3.8) is 0 Å². The summed E-state index contributed by atoms with van der Waals surface area (Å²) in [6.07, 6.45) is -0.226. The van der Waals surface area contributed by atoms with Gasteiger partial charge in [-0.3, -0.25) is 4.79 Å². The Balaban J connectivity index is 1.97. The van der Waals surface area contributed by atoms with E-state index >= 15 is 0 Å². The number of carbonyl (C=O) groups is 2. The molecule has 19 heavy (non-hydrogen) atoms. The van der Waals surface area contributed by atoms with Crippen LogP contribution in [-0.2, 0) is 28.5 Å². The zero-order chi connectivity index (χ0) is 14.0. The van der Waals surface area contributed by atoms with Gasteiger partial charge < -0.3 is 18.9 Å². The fourth-order valence-electron chi connectivity index (χ4n) is 2.36. The normalized spacial score (nSPS) is 33.2. The lowest BCUT2D eigenvalue weighted by Gasteiger charge is -2.27. The van der Waals surface area contributed by atoms with E-state index in [1.165, 1.54) is 7.11 Å². The number of methoxy groups -OCH3 is 1. The second-order valence-corrected chi connectivity index (χ2v) is 5.68. The molecule has 0 aromatic rings. The van der Waals surface area contributed by atoms with Gasteiger partial charge in [-0.15, -0.1) is 0 Å². The van der Waals surface area contributed by atoms with Gasteiger partial charge in [0.1, 0.15) is 0 Å². The Morgan fingerprint density at radius 1 is 1.47 bits per heavy atom. The summed E-state index contributed by atoms with van der Waals surface area (Å²) in [5, 5.41) is 0. The molecule has 0 N–H and O–H groups in total. The van der Waals surface area contributed by atoms with Crippen molar-refractivity contribution in [3.8, 4) is 0 Å². The summed E-state index contributed by atoms with van der Waals surface area (Å²) < 4.78 is 20.9. The maximum absolute atomic E-state index is 11.7. The predicted molar refractivity (Wildman–Crippen MR) is 64.1 cm³/mol. The molecule has 0 aromatic heterocycles. The van der Waals surface area contributed by atoms with E-state index in [1.807, 2.05) is 13.8 Å². The van der Waals surface area contributed by atoms with Crippen LogP contribution in [0.15, 0.2) is 0 Å². The maximum Gasteiger partial charge on any atom is 0.336 e. The first-order chi connectivity index (χ1) is 8.94. The third kappa shape index (κ3) is 3.06. The number of hydrogen-bond acceptors (Lipinski definition) is 6. The molecule has 3 atom stereocenters. The zero-order valence-electron chi connectivity index (χ0n) is 11.5. The number of carbonyl (C=O) groups excluding carboxylic acids is 2. The minimum Gasteiger partial charge on any atom is -0.469 e. The molecule has 0 amide bonds. The number of hydrogen-bond donors (Lipinski definition) is 0. The van der Waals surface area contributed by atoms with Crippen LogP contribution in [0.25, 0.3) is 0 Å². The summed E-state index contributed by atoms with van der Waals surface area (Å²) in [6, 6.07) is 0. The van der Waals surface area contributed by atoms with Gasteiger partial charge in [-0.1, -0.05) is 13.8 Å². The van der Waals surface area contributed by atoms with Gasteiger partial charge >= 0.3 is 11.9 Å². The largest absolute Gasteiger partial charge is 0.469 e. The van der Waals surface area contributed by atoms with E-state index in [1.54, 1.807) is 0 Å². The Labute approximate surface area is 112 Å². The molecule has 0 saturated carbocycles. The monoisotopic (exact) mass is 272 g/mol. The molecule has 0 aliphatic carbocycles. The Morgan fingerprint density at radius 3 is 2.79 bits per heavy atom. The van der Waals surface area contributed by atoms with Crippen LogP contribution in [0, 0.1) is 11.3 Å². The van der Waals surface area contributed by atoms with Crippen molar-refractivity contribution in [2.45, 2.75) is 39.1 Å². The van der Waals surface area contributed by atoms with Crippen LogP contribution in [-0.4, -0.2) is 44.7 Å². The maximum atomic E-state index is 11.7. The average molecular weight is 272 g/mol. The molecular weight excluding hydrogens is 252 g/mol. The Hall–Kier alpha value is -1.14. The number of esters is 2. The van der Waals surface area contributed by atoms with Crippen molar-refractivity contribution in [1.29, 1.82) is 0 Å². The summed E-state index contributed by atoms with van der Waals surface area (Å²) >= 11 is 0. The molecule has 0 bridgehead atoms. The van der Waals surface area contributed by atoms with Crippen LogP contribution in [0.1, 0.15) is 26.7 Å². The number of cyclic esters (lactones) is 1. The molecule has 2 heterocycles. The highest BCUT2D eigenvalue weighted by atomic mass is 16.7. The molecule has 0 radical (unpaired) electrons. The molecule has 0 spiro atoms. The van der Waals surface area contributed by atoms with E-state index in [9.17, 15) is 9.59 Å². The quantitative estimate of drug-likeness (QED) is 0.707. The molecule has 108 valence electrons. The van der Waals surface area contributed by atoms with Crippen LogP contribution in [0.4, 0.5) is 0 Å². The highest BCUT2D eigenvalue weighted by Gasteiger charge is 2.47. The third-order valence-electron chi connectivity index (χ3n) is 3.59. The standard InChI is InChI=1S/C13H20O6/c1-13(2)7-18-11(15)10(13)19-12-8(4-5-17-12)6-9(14)16-3/h8,10,12H,4-7H2,1-3H3/t8-,10+,12+/m1/s1. The van der Waals surface area contributed by atoms with Crippen molar-refractivity contribution >= 4 is 11.9 Å². The van der Waals surface area contributed by atoms with Crippen molar-refractivity contribution in [2.24, 2.45) is 11.3 Å². The van der Waals surface area contributed by atoms with E-state index in [0.717, 1.165) is 6.42 Å². The third-order valence-corrected chi connectivity index (χ3v) is 3.59. The molecule has 6 heteroatoms. The lowest BCUT2D eigenvalue weighted by Crippen LogP contribution is -2.38. The molecule has 2 aliphatic rings. The van der Waals surface area contributed by atoms with E-state index in [4.69, 9.17) is 14.2 Å². The van der Waals surface area contributed by atoms with E-state index in [2.05, 4.69) is 4.74 Å². The van der Waals surface area contributed by atoms with E-state index < -0.39 is 12.4 Å². The first-order valence-electron chi connectivity index (χ1n) is 6.44. The van der Waals surface area contributed by atoms with Gasteiger partial charge in [-0.25, -0.2) is 4.79 Å². The smallest absolute Gasteiger partial charge is 0.336 e. The topological polar surface area (TPSA) is 71.1 Å². The second-order valence-electron chi connectivity index (χ2n) is 5.68. The van der Waals surface area contributed by atoms with Crippen LogP contribution < -0.4 is 0 Å². The highest BCUT2D eigenvalue weighted by Crippen LogP contribution is 2.35. The van der Waals surface area contributed by atoms with Crippen LogP contribution in [0.5, 0.6) is 0 Å². The predicted octanol–water partition coefficient (Wildman–Crippen LogP) is 0.880. The fraction of sp³-hybridized carbons (Fsp3) is 0.846. The SMILES string of the molecule is COC(=O)C[C@H]1CCO[C@H]1O[C@H]1C(=O)OCC1(C)C. The van der Waals surface area contributed by atoms with E-state index in [-0.39, 0.29) is 29.7 Å². The van der Waals surface area contributed by atoms with Crippen molar-refractivity contribution in [3.05, 3.63) is 0 Å². The van der Waals surface area contributed by atoms with Crippen molar-refractivity contribution in [2.75, 3.05) is 20.3 Å². The molecule has 0 aromatic carbocycles. The molecule has 2 aliphatic heterocycles. The first-order valence-corrected chi connectivity index (χ1v) is 6.44. The Morgan fingerprint density at radius 2 is 2.21 bits per heavy atom. The summed E-state index contributed by atoms with van der Waals surface area (Å²) in [4.78, 5) is 23.0. The molecule has 2 fully saturated rings. The van der Waals surface area contributed by atoms with Crippen LogP contribution in [0.3, 0.4) is 0 Å². The van der Waals surface area contributed by atoms with Gasteiger partial charge in [-0.05, 0) is 6.42 Å². The van der Waals surface area contributed by atoms with Gasteiger partial charge in [0.2, 0.25) is 0 Å². The minimum atomic E-state index is -0.643. The molecule has 2 saturated heterocycles. The van der Waals surface area contributed by atoms with Crippen LogP contribution >= 0.6 is 0 Å². The number of ether oxygens (including phenoxy) is 4. The molecule has 2 rings (SSSR count). The molecular formula is C13H20O6. The Bertz CT molecular complexity index is 364. The zero-order valence-corrected chi connectivity index (χ0v) is 11.5. The van der Waals surface area contributed by atoms with Gasteiger partial charge in [-0.2, -0.15) is 0 Å². The summed E-state index contributed by atoms with van der Waals surface area (Å²) in [5.74, 6) is -0.730. The second kappa shape index (κ2) is 5.46. The minimum absolute atomic E-state index is 0.0725. The lowest BCUT2D eigenvalue weighted by atomic mass is 9.89. The van der Waals surface area contributed by atoms with Crippen molar-refractivity contribution in [1.82, 2.24) is 0 Å². The van der Waals surface area contributed by atoms with E-state index in [0.29, 0.717) is 13.2 Å². The summed E-state index contributed by atoms with van der Waals surface area (Å²) in [6.45, 7) is 4.68. The summed E-state index contributed by atoms with van der Waals surface area (Å²) in [7, 11) is 1.35. The fourth-order valence-corrected chi connectivity index (χ4v) is 2.36. The average Bonchev–Trinajstić information content (AvgIpc) is 2.89. The number of rotatable bonds is 4.